The zero-order chi connectivity index (χ0) is 18.0. The van der Waals surface area contributed by atoms with Crippen LogP contribution in [-0.2, 0) is 11.3 Å². The Morgan fingerprint density at radius 2 is 2.08 bits per heavy atom. The topological polar surface area (TPSA) is 99.2 Å². The smallest absolute Gasteiger partial charge is 0.407 e. The van der Waals surface area contributed by atoms with Crippen LogP contribution in [0.4, 0.5) is 10.5 Å². The molecular weight excluding hydrogens is 320 g/mol. The van der Waals surface area contributed by atoms with Crippen LogP contribution in [0.5, 0.6) is 0 Å². The highest BCUT2D eigenvalue weighted by atomic mass is 16.5. The fraction of sp³-hybridized carbons (Fsp3) is 0.167. The number of ether oxygens (including phenoxy) is 1. The van der Waals surface area contributed by atoms with Crippen LogP contribution in [0.2, 0.25) is 0 Å². The number of hydrogen-bond acceptors (Lipinski definition) is 5. The van der Waals surface area contributed by atoms with Gasteiger partial charge >= 0.3 is 6.09 Å². The quantitative estimate of drug-likeness (QED) is 0.715. The summed E-state index contributed by atoms with van der Waals surface area (Å²) in [5.74, 6) is -0.181. The summed E-state index contributed by atoms with van der Waals surface area (Å²) in [5, 5.41) is 3.38. The number of nitrogens with one attached hydrogen (secondary N) is 1. The molecule has 0 unspecified atom stereocenters. The van der Waals surface area contributed by atoms with Gasteiger partial charge in [-0.15, -0.1) is 0 Å². The van der Waals surface area contributed by atoms with Gasteiger partial charge in [0, 0.05) is 28.5 Å². The molecule has 0 fully saturated rings. The molecule has 2 heterocycles. The van der Waals surface area contributed by atoms with Gasteiger partial charge in [-0.2, -0.15) is 0 Å². The first-order valence-corrected chi connectivity index (χ1v) is 7.69. The van der Waals surface area contributed by atoms with E-state index in [0.717, 1.165) is 16.6 Å². The van der Waals surface area contributed by atoms with Crippen molar-refractivity contribution in [2.75, 3.05) is 12.8 Å². The molecule has 0 spiro atoms. The minimum Gasteiger partial charge on any atom is -0.453 e. The van der Waals surface area contributed by atoms with Gasteiger partial charge in [-0.05, 0) is 37.3 Å². The Kier molecular flexibility index (Phi) is 4.38. The third-order valence-electron chi connectivity index (χ3n) is 3.93. The van der Waals surface area contributed by atoms with Crippen LogP contribution < -0.4 is 11.1 Å². The van der Waals surface area contributed by atoms with E-state index in [2.05, 4.69) is 15.0 Å². The number of carbonyl (C=O) groups excluding carboxylic acids is 2. The molecule has 0 aliphatic heterocycles. The van der Waals surface area contributed by atoms with Gasteiger partial charge in [0.25, 0.3) is 5.91 Å². The van der Waals surface area contributed by atoms with Crippen LogP contribution >= 0.6 is 0 Å². The molecule has 0 atom stereocenters. The fourth-order valence-electron chi connectivity index (χ4n) is 2.73. The molecule has 3 N–H and O–H groups in total. The van der Waals surface area contributed by atoms with E-state index in [-0.39, 0.29) is 12.5 Å². The van der Waals surface area contributed by atoms with E-state index < -0.39 is 6.09 Å². The van der Waals surface area contributed by atoms with Crippen molar-refractivity contribution >= 4 is 28.6 Å². The molecule has 2 aromatic heterocycles. The lowest BCUT2D eigenvalue weighted by Crippen LogP contribution is -2.23. The molecule has 7 nitrogen and oxygen atoms in total. The predicted molar refractivity (Wildman–Crippen MR) is 94.3 cm³/mol. The van der Waals surface area contributed by atoms with Gasteiger partial charge in [0.15, 0.2) is 0 Å². The number of fused-ring (bicyclic) bond motifs is 1. The summed E-state index contributed by atoms with van der Waals surface area (Å²) in [6, 6.07) is 10.7. The van der Waals surface area contributed by atoms with Gasteiger partial charge < -0.3 is 15.8 Å². The SMILES string of the molecule is COC(=O)NCc1cc(C(=O)n2c(C)cc3c(N)cccc32)ccn1. The number of hydrogen-bond donors (Lipinski definition) is 2. The standard InChI is InChI=1S/C18H18N4O3/c1-11-8-14-15(19)4-3-5-16(14)22(11)17(23)12-6-7-20-13(9-12)10-21-18(24)25-2/h3-9H,10,19H2,1-2H3,(H,21,24). The molecule has 7 heteroatoms. The van der Waals surface area contributed by atoms with Crippen molar-refractivity contribution in [1.82, 2.24) is 14.9 Å². The van der Waals surface area contributed by atoms with Crippen LogP contribution in [0, 0.1) is 6.92 Å². The van der Waals surface area contributed by atoms with E-state index in [1.165, 1.54) is 13.3 Å². The lowest BCUT2D eigenvalue weighted by Gasteiger charge is -2.09. The number of nitrogen functional groups attached to an aromatic ring is 1. The summed E-state index contributed by atoms with van der Waals surface area (Å²) in [5.41, 5.74) is 9.21. The fourth-order valence-corrected chi connectivity index (χ4v) is 2.73. The van der Waals surface area contributed by atoms with E-state index in [0.29, 0.717) is 16.9 Å². The Morgan fingerprint density at radius 1 is 1.28 bits per heavy atom. The van der Waals surface area contributed by atoms with Crippen molar-refractivity contribution in [3.63, 3.8) is 0 Å². The number of anilines is 1. The summed E-state index contributed by atoms with van der Waals surface area (Å²) in [4.78, 5) is 28.3. The monoisotopic (exact) mass is 338 g/mol. The maximum atomic E-state index is 13.0. The molecule has 0 radical (unpaired) electrons. The molecule has 0 bridgehead atoms. The third kappa shape index (κ3) is 3.16. The number of aromatic nitrogens is 2. The minimum absolute atomic E-state index is 0.173. The summed E-state index contributed by atoms with van der Waals surface area (Å²) in [7, 11) is 1.29. The van der Waals surface area contributed by atoms with E-state index >= 15 is 0 Å². The van der Waals surface area contributed by atoms with Gasteiger partial charge in [0.1, 0.15) is 0 Å². The summed E-state index contributed by atoms with van der Waals surface area (Å²) >= 11 is 0. The normalized spacial score (nSPS) is 10.6. The van der Waals surface area contributed by atoms with Gasteiger partial charge in [0.2, 0.25) is 0 Å². The second-order valence-corrected chi connectivity index (χ2v) is 5.59. The molecule has 0 aliphatic carbocycles. The van der Waals surface area contributed by atoms with Gasteiger partial charge in [-0.1, -0.05) is 6.07 Å². The second kappa shape index (κ2) is 6.64. The number of benzene rings is 1. The van der Waals surface area contributed by atoms with Crippen LogP contribution in [-0.4, -0.2) is 28.7 Å². The largest absolute Gasteiger partial charge is 0.453 e. The minimum atomic E-state index is -0.554. The van der Waals surface area contributed by atoms with E-state index in [1.54, 1.807) is 22.8 Å². The van der Waals surface area contributed by atoms with Crippen molar-refractivity contribution in [1.29, 1.82) is 0 Å². The zero-order valence-corrected chi connectivity index (χ0v) is 13.9. The van der Waals surface area contributed by atoms with Crippen molar-refractivity contribution in [2.45, 2.75) is 13.5 Å². The van der Waals surface area contributed by atoms with Crippen molar-refractivity contribution in [2.24, 2.45) is 0 Å². The highest BCUT2D eigenvalue weighted by Crippen LogP contribution is 2.25. The van der Waals surface area contributed by atoms with Crippen molar-refractivity contribution in [3.05, 3.63) is 59.5 Å². The van der Waals surface area contributed by atoms with Crippen molar-refractivity contribution < 1.29 is 14.3 Å². The first-order valence-electron chi connectivity index (χ1n) is 7.69. The average molecular weight is 338 g/mol. The number of nitrogens with zero attached hydrogens (tertiary/aromatic N) is 2. The Hall–Kier alpha value is -3.35. The molecule has 0 saturated carbocycles. The number of carbonyl (C=O) groups is 2. The average Bonchev–Trinajstić information content (AvgIpc) is 2.96. The number of rotatable bonds is 3. The lowest BCUT2D eigenvalue weighted by molar-refractivity contribution is 0.0963. The van der Waals surface area contributed by atoms with Crippen molar-refractivity contribution in [3.8, 4) is 0 Å². The maximum Gasteiger partial charge on any atom is 0.407 e. The van der Waals surface area contributed by atoms with Crippen LogP contribution in [0.15, 0.2) is 42.6 Å². The summed E-state index contributed by atoms with van der Waals surface area (Å²) in [6.45, 7) is 2.03. The first kappa shape index (κ1) is 16.5. The lowest BCUT2D eigenvalue weighted by atomic mass is 10.2. The Balaban J connectivity index is 1.95. The first-order chi connectivity index (χ1) is 12.0. The number of pyridine rings is 1. The van der Waals surface area contributed by atoms with E-state index in [1.807, 2.05) is 25.1 Å². The van der Waals surface area contributed by atoms with E-state index in [9.17, 15) is 9.59 Å². The Morgan fingerprint density at radius 3 is 2.84 bits per heavy atom. The number of aryl methyl sites for hydroxylation is 1. The summed E-state index contributed by atoms with van der Waals surface area (Å²) < 4.78 is 6.15. The molecule has 0 saturated heterocycles. The van der Waals surface area contributed by atoms with Gasteiger partial charge in [-0.25, -0.2) is 4.79 Å². The highest BCUT2D eigenvalue weighted by molar-refractivity contribution is 6.05. The van der Waals surface area contributed by atoms with Gasteiger partial charge in [0.05, 0.1) is 24.9 Å². The summed E-state index contributed by atoms with van der Waals surface area (Å²) in [6.07, 6.45) is 0.984. The third-order valence-corrected chi connectivity index (χ3v) is 3.93. The second-order valence-electron chi connectivity index (χ2n) is 5.59. The molecule has 0 aliphatic rings. The Labute approximate surface area is 144 Å². The molecular formula is C18H18N4O3. The predicted octanol–water partition coefficient (Wildman–Crippen LogP) is 2.47. The van der Waals surface area contributed by atoms with Crippen LogP contribution in [0.25, 0.3) is 10.9 Å². The molecule has 3 aromatic rings. The maximum absolute atomic E-state index is 13.0. The highest BCUT2D eigenvalue weighted by Gasteiger charge is 2.16. The number of alkyl carbamates (subject to hydrolysis) is 1. The molecule has 3 rings (SSSR count). The number of methoxy groups -OCH3 is 1. The van der Waals surface area contributed by atoms with Gasteiger partial charge in [-0.3, -0.25) is 14.3 Å². The molecule has 128 valence electrons. The molecule has 25 heavy (non-hydrogen) atoms. The zero-order valence-electron chi connectivity index (χ0n) is 13.9. The van der Waals surface area contributed by atoms with Crippen LogP contribution in [0.3, 0.4) is 0 Å². The molecule has 1 amide bonds. The van der Waals surface area contributed by atoms with Crippen LogP contribution in [0.1, 0.15) is 21.7 Å². The number of nitrogens with two attached hydrogens (primary N) is 1. The number of amides is 1. The molecule has 1 aromatic carbocycles. The Bertz CT molecular complexity index is 962. The van der Waals surface area contributed by atoms with E-state index in [4.69, 9.17) is 5.73 Å².